The van der Waals surface area contributed by atoms with E-state index in [4.69, 9.17) is 0 Å². The van der Waals surface area contributed by atoms with Crippen molar-refractivity contribution in [3.8, 4) is 0 Å². The lowest BCUT2D eigenvalue weighted by atomic mass is 9.95. The molecule has 1 aromatic rings. The van der Waals surface area contributed by atoms with Gasteiger partial charge in [-0.15, -0.1) is 0 Å². The quantitative estimate of drug-likeness (QED) is 0.841. The van der Waals surface area contributed by atoms with E-state index in [0.717, 1.165) is 0 Å². The predicted octanol–water partition coefficient (Wildman–Crippen LogP) is 3.66. The highest BCUT2D eigenvalue weighted by Gasteiger charge is 2.41. The maximum absolute atomic E-state index is 14.0. The molecule has 1 aliphatic heterocycles. The number of piperidine rings is 1. The zero-order valence-electron chi connectivity index (χ0n) is 11.1. The maximum Gasteiger partial charge on any atom is 0.391 e. The average Bonchev–Trinajstić information content (AvgIpc) is 2.37. The highest BCUT2D eigenvalue weighted by atomic mass is 19.4. The summed E-state index contributed by atoms with van der Waals surface area (Å²) < 4.78 is 51.8. The van der Waals surface area contributed by atoms with E-state index < -0.39 is 24.0 Å². The van der Waals surface area contributed by atoms with Gasteiger partial charge in [-0.05, 0) is 25.8 Å². The molecule has 1 saturated heterocycles. The summed E-state index contributed by atoms with van der Waals surface area (Å²) in [4.78, 5) is 1.60. The number of aliphatic hydroxyl groups excluding tert-OH is 1. The van der Waals surface area contributed by atoms with Crippen molar-refractivity contribution in [3.05, 3.63) is 29.6 Å². The van der Waals surface area contributed by atoms with Crippen LogP contribution >= 0.6 is 0 Å². The molecule has 0 bridgehead atoms. The summed E-state index contributed by atoms with van der Waals surface area (Å²) in [7, 11) is 0. The lowest BCUT2D eigenvalue weighted by Crippen LogP contribution is -2.39. The number of para-hydroxylation sites is 1. The Morgan fingerprint density at radius 2 is 1.85 bits per heavy atom. The molecule has 1 atom stereocenters. The van der Waals surface area contributed by atoms with E-state index in [9.17, 15) is 22.7 Å². The topological polar surface area (TPSA) is 23.5 Å². The molecule has 6 heteroatoms. The number of alkyl halides is 3. The number of hydrogen-bond acceptors (Lipinski definition) is 2. The van der Waals surface area contributed by atoms with Crippen molar-refractivity contribution in [2.75, 3.05) is 18.0 Å². The summed E-state index contributed by atoms with van der Waals surface area (Å²) >= 11 is 0. The van der Waals surface area contributed by atoms with Gasteiger partial charge in [0.25, 0.3) is 0 Å². The van der Waals surface area contributed by atoms with Crippen LogP contribution in [-0.4, -0.2) is 24.4 Å². The first kappa shape index (κ1) is 15.1. The van der Waals surface area contributed by atoms with Crippen LogP contribution in [0, 0.1) is 11.7 Å². The van der Waals surface area contributed by atoms with Crippen molar-refractivity contribution in [2.24, 2.45) is 5.92 Å². The smallest absolute Gasteiger partial charge is 0.389 e. The molecule has 0 aromatic heterocycles. The van der Waals surface area contributed by atoms with Gasteiger partial charge in [0.2, 0.25) is 0 Å². The number of halogens is 4. The highest BCUT2D eigenvalue weighted by molar-refractivity contribution is 5.56. The minimum Gasteiger partial charge on any atom is -0.389 e. The Bertz CT molecular complexity index is 465. The molecule has 1 N–H and O–H groups in total. The zero-order valence-corrected chi connectivity index (χ0v) is 11.1. The summed E-state index contributed by atoms with van der Waals surface area (Å²) in [5.41, 5.74) is 0.638. The van der Waals surface area contributed by atoms with Crippen LogP contribution in [0.4, 0.5) is 23.2 Å². The van der Waals surface area contributed by atoms with Crippen molar-refractivity contribution in [2.45, 2.75) is 32.0 Å². The van der Waals surface area contributed by atoms with E-state index >= 15 is 0 Å². The molecule has 112 valence electrons. The molecule has 0 saturated carbocycles. The fraction of sp³-hybridized carbons (Fsp3) is 0.571. The zero-order chi connectivity index (χ0) is 14.9. The summed E-state index contributed by atoms with van der Waals surface area (Å²) in [6.07, 6.45) is -5.14. The van der Waals surface area contributed by atoms with Crippen LogP contribution in [0.5, 0.6) is 0 Å². The Hall–Kier alpha value is -1.30. The van der Waals surface area contributed by atoms with Crippen molar-refractivity contribution in [1.29, 1.82) is 0 Å². The van der Waals surface area contributed by atoms with E-state index in [2.05, 4.69) is 0 Å². The average molecular weight is 291 g/mol. The largest absolute Gasteiger partial charge is 0.391 e. The molecule has 0 amide bonds. The Morgan fingerprint density at radius 1 is 1.25 bits per heavy atom. The second kappa shape index (κ2) is 5.60. The molecule has 1 unspecified atom stereocenters. The van der Waals surface area contributed by atoms with Crippen LogP contribution in [0.2, 0.25) is 0 Å². The lowest BCUT2D eigenvalue weighted by Gasteiger charge is -2.35. The summed E-state index contributed by atoms with van der Waals surface area (Å²) in [5.74, 6) is -1.82. The van der Waals surface area contributed by atoms with Crippen molar-refractivity contribution >= 4 is 5.69 Å². The Kier molecular flexibility index (Phi) is 4.22. The van der Waals surface area contributed by atoms with Gasteiger partial charge in [-0.1, -0.05) is 12.1 Å². The fourth-order valence-electron chi connectivity index (χ4n) is 2.63. The predicted molar refractivity (Wildman–Crippen MR) is 68.0 cm³/mol. The molecule has 1 fully saturated rings. The van der Waals surface area contributed by atoms with Gasteiger partial charge in [0.05, 0.1) is 17.7 Å². The number of nitrogens with zero attached hydrogens (tertiary/aromatic N) is 1. The summed E-state index contributed by atoms with van der Waals surface area (Å²) in [6, 6.07) is 4.35. The van der Waals surface area contributed by atoms with Crippen LogP contribution in [-0.2, 0) is 0 Å². The molecule has 0 aliphatic carbocycles. The second-order valence-electron chi connectivity index (χ2n) is 5.16. The first-order chi connectivity index (χ1) is 9.30. The fourth-order valence-corrected chi connectivity index (χ4v) is 2.63. The van der Waals surface area contributed by atoms with Gasteiger partial charge in [0, 0.05) is 18.7 Å². The third-order valence-electron chi connectivity index (χ3n) is 3.74. The van der Waals surface area contributed by atoms with Gasteiger partial charge >= 0.3 is 6.18 Å². The standard InChI is InChI=1S/C14H17F4NO/c1-9(20)11-3-2-4-12(15)13(11)19-7-5-10(6-8-19)14(16,17)18/h2-4,9-10,20H,5-8H2,1H3. The second-order valence-corrected chi connectivity index (χ2v) is 5.16. The van der Waals surface area contributed by atoms with E-state index in [1.165, 1.54) is 19.1 Å². The van der Waals surface area contributed by atoms with Gasteiger partial charge in [-0.2, -0.15) is 13.2 Å². The molecule has 0 radical (unpaired) electrons. The normalized spacial score (nSPS) is 19.2. The monoisotopic (exact) mass is 291 g/mol. The van der Waals surface area contributed by atoms with E-state index in [1.807, 2.05) is 0 Å². The number of benzene rings is 1. The number of hydrogen-bond donors (Lipinski definition) is 1. The van der Waals surface area contributed by atoms with E-state index in [0.29, 0.717) is 5.56 Å². The number of aliphatic hydroxyl groups is 1. The first-order valence-corrected chi connectivity index (χ1v) is 6.59. The molecule has 1 heterocycles. The molecule has 2 nitrogen and oxygen atoms in total. The molecule has 2 rings (SSSR count). The number of anilines is 1. The molecule has 1 aliphatic rings. The van der Waals surface area contributed by atoms with Crippen LogP contribution in [0.25, 0.3) is 0 Å². The van der Waals surface area contributed by atoms with Crippen LogP contribution in [0.3, 0.4) is 0 Å². The summed E-state index contributed by atoms with van der Waals surface area (Å²) in [6.45, 7) is 1.80. The molecular formula is C14H17F4NO. The number of rotatable bonds is 2. The van der Waals surface area contributed by atoms with Crippen LogP contribution < -0.4 is 4.90 Å². The highest BCUT2D eigenvalue weighted by Crippen LogP contribution is 2.37. The SMILES string of the molecule is CC(O)c1cccc(F)c1N1CCC(C(F)(F)F)CC1. The van der Waals surface area contributed by atoms with Gasteiger partial charge < -0.3 is 10.0 Å². The maximum atomic E-state index is 14.0. The third-order valence-corrected chi connectivity index (χ3v) is 3.74. The minimum atomic E-state index is -4.19. The lowest BCUT2D eigenvalue weighted by molar-refractivity contribution is -0.179. The Labute approximate surface area is 115 Å². The minimum absolute atomic E-state index is 0.0446. The van der Waals surface area contributed by atoms with Crippen LogP contribution in [0.15, 0.2) is 18.2 Å². The van der Waals surface area contributed by atoms with Gasteiger partial charge in [0.15, 0.2) is 0 Å². The molecule has 0 spiro atoms. The van der Waals surface area contributed by atoms with E-state index in [1.54, 1.807) is 11.0 Å². The first-order valence-electron chi connectivity index (χ1n) is 6.59. The van der Waals surface area contributed by atoms with E-state index in [-0.39, 0.29) is 31.6 Å². The Balaban J connectivity index is 2.19. The van der Waals surface area contributed by atoms with Gasteiger partial charge in [-0.3, -0.25) is 0 Å². The van der Waals surface area contributed by atoms with Gasteiger partial charge in [0.1, 0.15) is 5.82 Å². The van der Waals surface area contributed by atoms with Gasteiger partial charge in [-0.25, -0.2) is 4.39 Å². The molecular weight excluding hydrogens is 274 g/mol. The Morgan fingerprint density at radius 3 is 2.35 bits per heavy atom. The van der Waals surface area contributed by atoms with Crippen molar-refractivity contribution in [1.82, 2.24) is 0 Å². The molecule has 1 aromatic carbocycles. The van der Waals surface area contributed by atoms with Crippen molar-refractivity contribution in [3.63, 3.8) is 0 Å². The summed E-state index contributed by atoms with van der Waals surface area (Å²) in [5, 5.41) is 9.67. The molecule has 20 heavy (non-hydrogen) atoms. The third kappa shape index (κ3) is 3.06. The van der Waals surface area contributed by atoms with Crippen molar-refractivity contribution < 1.29 is 22.7 Å². The van der Waals surface area contributed by atoms with Crippen LogP contribution in [0.1, 0.15) is 31.4 Å².